The summed E-state index contributed by atoms with van der Waals surface area (Å²) in [6, 6.07) is 22.5. The summed E-state index contributed by atoms with van der Waals surface area (Å²) in [4.78, 5) is 42.7. The summed E-state index contributed by atoms with van der Waals surface area (Å²) in [6.45, 7) is 1.52. The highest BCUT2D eigenvalue weighted by Crippen LogP contribution is 2.37. The zero-order valence-corrected chi connectivity index (χ0v) is 27.2. The van der Waals surface area contributed by atoms with E-state index in [-0.39, 0.29) is 23.1 Å². The number of allylic oxidation sites excluding steroid dienone is 1. The van der Waals surface area contributed by atoms with Crippen molar-refractivity contribution >= 4 is 40.1 Å². The molecule has 1 atom stereocenters. The molecule has 1 aliphatic carbocycles. The molecule has 1 saturated heterocycles. The number of fused-ring (bicyclic) bond motifs is 1. The Bertz CT molecular complexity index is 1820. The van der Waals surface area contributed by atoms with E-state index in [0.717, 1.165) is 49.9 Å². The van der Waals surface area contributed by atoms with E-state index < -0.39 is 5.91 Å². The molecule has 3 aromatic carbocycles. The van der Waals surface area contributed by atoms with Crippen molar-refractivity contribution in [2.45, 2.75) is 63.5 Å². The molecule has 0 bridgehead atoms. The molecule has 0 radical (unpaired) electrons. The van der Waals surface area contributed by atoms with E-state index in [1.165, 1.54) is 22.8 Å². The van der Waals surface area contributed by atoms with Crippen LogP contribution in [0.15, 0.2) is 93.7 Å². The van der Waals surface area contributed by atoms with Gasteiger partial charge in [-0.3, -0.25) is 14.4 Å². The van der Waals surface area contributed by atoms with Crippen LogP contribution in [0.2, 0.25) is 5.02 Å². The van der Waals surface area contributed by atoms with Crippen LogP contribution in [0.3, 0.4) is 0 Å². The van der Waals surface area contributed by atoms with Crippen LogP contribution in [0.25, 0.3) is 11.0 Å². The van der Waals surface area contributed by atoms with Gasteiger partial charge in [0.15, 0.2) is 11.2 Å². The van der Waals surface area contributed by atoms with Crippen molar-refractivity contribution in [1.29, 1.82) is 0 Å². The average molecular weight is 638 g/mol. The molecule has 46 heavy (non-hydrogen) atoms. The molecule has 6 rings (SSSR count). The molecule has 238 valence electrons. The highest BCUT2D eigenvalue weighted by molar-refractivity contribution is 6.30. The Kier molecular flexibility index (Phi) is 9.59. The van der Waals surface area contributed by atoms with Crippen molar-refractivity contribution in [3.8, 4) is 0 Å². The number of amides is 2. The third-order valence-electron chi connectivity index (χ3n) is 9.23. The highest BCUT2D eigenvalue weighted by atomic mass is 35.5. The molecule has 0 spiro atoms. The van der Waals surface area contributed by atoms with Gasteiger partial charge in [0.2, 0.25) is 5.91 Å². The Morgan fingerprint density at radius 2 is 1.78 bits per heavy atom. The molecule has 1 N–H and O–H groups in total. The van der Waals surface area contributed by atoms with E-state index in [2.05, 4.69) is 35.7 Å². The van der Waals surface area contributed by atoms with Crippen LogP contribution in [0, 0.1) is 0 Å². The minimum Gasteiger partial charge on any atom is -0.451 e. The van der Waals surface area contributed by atoms with Crippen LogP contribution in [-0.4, -0.2) is 43.4 Å². The lowest BCUT2D eigenvalue weighted by atomic mass is 9.79. The molecule has 7 nitrogen and oxygen atoms in total. The maximum atomic E-state index is 13.5. The summed E-state index contributed by atoms with van der Waals surface area (Å²) in [5.41, 5.74) is 5.94. The first kappa shape index (κ1) is 31.6. The van der Waals surface area contributed by atoms with Crippen molar-refractivity contribution < 1.29 is 14.0 Å². The van der Waals surface area contributed by atoms with Crippen LogP contribution >= 0.6 is 11.6 Å². The zero-order valence-electron chi connectivity index (χ0n) is 26.4. The maximum Gasteiger partial charge on any atom is 0.287 e. The van der Waals surface area contributed by atoms with E-state index in [1.807, 2.05) is 54.2 Å². The maximum absolute atomic E-state index is 13.5. The number of benzene rings is 3. The summed E-state index contributed by atoms with van der Waals surface area (Å²) in [7, 11) is 3.81. The molecule has 4 aromatic rings. The second-order valence-corrected chi connectivity index (χ2v) is 13.1. The van der Waals surface area contributed by atoms with E-state index >= 15 is 0 Å². The van der Waals surface area contributed by atoms with Gasteiger partial charge in [0.1, 0.15) is 5.58 Å². The molecular formula is C38H40ClN3O4. The van der Waals surface area contributed by atoms with Crippen molar-refractivity contribution in [2.75, 3.05) is 25.5 Å². The first-order valence-electron chi connectivity index (χ1n) is 16.1. The summed E-state index contributed by atoms with van der Waals surface area (Å²) in [6.07, 6.45) is 8.21. The van der Waals surface area contributed by atoms with Crippen molar-refractivity contribution in [3.05, 3.63) is 122 Å². The molecule has 1 aromatic heterocycles. The topological polar surface area (TPSA) is 82.9 Å². The number of hydrogen-bond acceptors (Lipinski definition) is 5. The lowest BCUT2D eigenvalue weighted by Gasteiger charge is -2.28. The van der Waals surface area contributed by atoms with Crippen molar-refractivity contribution in [2.24, 2.45) is 0 Å². The Balaban J connectivity index is 1.19. The molecular weight excluding hydrogens is 598 g/mol. The number of rotatable bonds is 9. The van der Waals surface area contributed by atoms with Gasteiger partial charge in [-0.1, -0.05) is 59.6 Å². The second-order valence-electron chi connectivity index (χ2n) is 12.7. The van der Waals surface area contributed by atoms with Gasteiger partial charge in [-0.05, 0) is 91.5 Å². The molecule has 2 amide bonds. The quantitative estimate of drug-likeness (QED) is 0.195. The van der Waals surface area contributed by atoms with E-state index in [1.54, 1.807) is 12.1 Å². The number of anilines is 1. The van der Waals surface area contributed by atoms with Crippen LogP contribution in [0.1, 0.15) is 71.7 Å². The standard InChI is InChI=1S/C38H40ClN3O4/c1-41(2)31-17-18-35-33(22-31)34(43)23-36(46-35)38(45)40-30(21-26-11-15-29(39)16-12-26)20-25-9-13-27(14-10-25)32-7-4-3-6-28(32)24-42-19-5-8-37(42)44/h3-4,6-7,11-12,15-18,20,22-23,27,30H,5,8-10,13-14,19,21,24H2,1-2H3,(H,40,45)/t27?,30-/m0/s1. The number of nitrogens with zero attached hydrogens (tertiary/aromatic N) is 2. The van der Waals surface area contributed by atoms with Crippen molar-refractivity contribution in [1.82, 2.24) is 10.2 Å². The van der Waals surface area contributed by atoms with E-state index in [4.69, 9.17) is 16.0 Å². The first-order valence-corrected chi connectivity index (χ1v) is 16.5. The van der Waals surface area contributed by atoms with E-state index in [0.29, 0.717) is 41.3 Å². The van der Waals surface area contributed by atoms with E-state index in [9.17, 15) is 14.4 Å². The number of nitrogens with one attached hydrogen (secondary N) is 1. The predicted octanol–water partition coefficient (Wildman–Crippen LogP) is 7.26. The van der Waals surface area contributed by atoms with Crippen LogP contribution in [0.5, 0.6) is 0 Å². The first-order chi connectivity index (χ1) is 22.2. The van der Waals surface area contributed by atoms with Crippen LogP contribution in [0.4, 0.5) is 5.69 Å². The van der Waals surface area contributed by atoms with Gasteiger partial charge in [-0.25, -0.2) is 0 Å². The zero-order chi connectivity index (χ0) is 32.2. The van der Waals surface area contributed by atoms with Gasteiger partial charge >= 0.3 is 0 Å². The third kappa shape index (κ3) is 7.37. The fourth-order valence-electron chi connectivity index (χ4n) is 6.70. The van der Waals surface area contributed by atoms with Gasteiger partial charge in [-0.2, -0.15) is 0 Å². The number of hydrogen-bond donors (Lipinski definition) is 1. The predicted molar refractivity (Wildman–Crippen MR) is 184 cm³/mol. The molecule has 1 aliphatic heterocycles. The molecule has 2 heterocycles. The number of likely N-dealkylation sites (tertiary alicyclic amines) is 1. The largest absolute Gasteiger partial charge is 0.451 e. The lowest BCUT2D eigenvalue weighted by molar-refractivity contribution is -0.128. The number of carbonyl (C=O) groups is 2. The smallest absolute Gasteiger partial charge is 0.287 e. The number of halogens is 1. The molecule has 2 aliphatic rings. The normalized spacial score (nSPS) is 17.3. The summed E-state index contributed by atoms with van der Waals surface area (Å²) in [5, 5.41) is 4.23. The molecule has 8 heteroatoms. The van der Waals surface area contributed by atoms with Gasteiger partial charge < -0.3 is 19.5 Å². The van der Waals surface area contributed by atoms with Gasteiger partial charge in [-0.15, -0.1) is 0 Å². The lowest BCUT2D eigenvalue weighted by Crippen LogP contribution is -2.36. The fraction of sp³-hybridized carbons (Fsp3) is 0.342. The fourth-order valence-corrected chi connectivity index (χ4v) is 6.83. The Morgan fingerprint density at radius 3 is 2.50 bits per heavy atom. The summed E-state index contributed by atoms with van der Waals surface area (Å²) >= 11 is 6.14. The van der Waals surface area contributed by atoms with Crippen LogP contribution < -0.4 is 15.6 Å². The van der Waals surface area contributed by atoms with Gasteiger partial charge in [0, 0.05) is 50.4 Å². The van der Waals surface area contributed by atoms with Crippen molar-refractivity contribution in [3.63, 3.8) is 0 Å². The summed E-state index contributed by atoms with van der Waals surface area (Å²) in [5.74, 6) is 0.242. The molecule has 2 fully saturated rings. The highest BCUT2D eigenvalue weighted by Gasteiger charge is 2.25. The van der Waals surface area contributed by atoms with Gasteiger partial charge in [0.05, 0.1) is 11.4 Å². The van der Waals surface area contributed by atoms with Crippen LogP contribution in [-0.2, 0) is 17.8 Å². The Morgan fingerprint density at radius 1 is 1.02 bits per heavy atom. The third-order valence-corrected chi connectivity index (χ3v) is 9.48. The second kappa shape index (κ2) is 14.0. The SMILES string of the molecule is CN(C)c1ccc2oc(C(=O)N[C@@H](C=C3CCC(c4ccccc4CN4CCCC4=O)CC3)Cc3ccc(Cl)cc3)cc(=O)c2c1. The number of carbonyl (C=O) groups excluding carboxylic acids is 2. The molecule has 1 saturated carbocycles. The molecule has 0 unspecified atom stereocenters. The van der Waals surface area contributed by atoms with Gasteiger partial charge in [0.25, 0.3) is 5.91 Å². The monoisotopic (exact) mass is 637 g/mol. The average Bonchev–Trinajstić information content (AvgIpc) is 3.46. The Hall–Kier alpha value is -4.36. The minimum atomic E-state index is -0.425. The summed E-state index contributed by atoms with van der Waals surface area (Å²) < 4.78 is 5.93. The Labute approximate surface area is 274 Å². The minimum absolute atomic E-state index is 0.00796.